The molecule has 7 heteroatoms. The van der Waals surface area contributed by atoms with E-state index < -0.39 is 5.41 Å². The van der Waals surface area contributed by atoms with Crippen molar-refractivity contribution in [2.45, 2.75) is 39.7 Å². The molecule has 0 aliphatic heterocycles. The van der Waals surface area contributed by atoms with Crippen LogP contribution in [0.3, 0.4) is 0 Å². The van der Waals surface area contributed by atoms with E-state index in [2.05, 4.69) is 15.7 Å². The Hall–Kier alpha value is -2.70. The van der Waals surface area contributed by atoms with Gasteiger partial charge in [0.2, 0.25) is 11.8 Å². The lowest BCUT2D eigenvalue weighted by molar-refractivity contribution is -0.141. The lowest BCUT2D eigenvalue weighted by Gasteiger charge is -2.28. The van der Waals surface area contributed by atoms with E-state index in [1.54, 1.807) is 32.2 Å². The molecule has 3 rings (SSSR count). The van der Waals surface area contributed by atoms with Crippen LogP contribution in [-0.4, -0.2) is 34.7 Å². The maximum absolute atomic E-state index is 12.4. The molecule has 7 nitrogen and oxygen atoms in total. The van der Waals surface area contributed by atoms with Gasteiger partial charge in [-0.05, 0) is 38.7 Å². The predicted octanol–water partition coefficient (Wildman–Crippen LogP) is 1.46. The third-order valence-corrected chi connectivity index (χ3v) is 5.28. The van der Waals surface area contributed by atoms with Crippen LogP contribution >= 0.6 is 0 Å². The van der Waals surface area contributed by atoms with Crippen molar-refractivity contribution in [3.63, 3.8) is 0 Å². The normalized spacial score (nSPS) is 14.6. The largest absolute Gasteiger partial charge is 0.355 e. The van der Waals surface area contributed by atoms with E-state index in [9.17, 15) is 14.4 Å². The number of carbonyl (C=O) groups is 2. The molecule has 2 N–H and O–H groups in total. The van der Waals surface area contributed by atoms with Crippen molar-refractivity contribution >= 4 is 22.6 Å². The number of amides is 2. The standard InChI is InChI=1S/C20H26N4O3/c1-20(2,19(27)22-12-14-6-5-7-14)18(26)21-10-11-24-17(25)16-9-4-3-8-15(16)13-23-24/h3-4,8-9,13-14H,5-7,10-12H2,1-2H3,(H,21,26)(H,22,27). The van der Waals surface area contributed by atoms with Gasteiger partial charge < -0.3 is 10.6 Å². The highest BCUT2D eigenvalue weighted by molar-refractivity contribution is 6.04. The van der Waals surface area contributed by atoms with Gasteiger partial charge in [0.05, 0.1) is 18.1 Å². The lowest BCUT2D eigenvalue weighted by atomic mass is 9.84. The summed E-state index contributed by atoms with van der Waals surface area (Å²) in [6.45, 7) is 4.32. The first kappa shape index (κ1) is 19.1. The van der Waals surface area contributed by atoms with Crippen molar-refractivity contribution < 1.29 is 9.59 Å². The van der Waals surface area contributed by atoms with Crippen molar-refractivity contribution in [2.24, 2.45) is 11.3 Å². The lowest BCUT2D eigenvalue weighted by Crippen LogP contribution is -2.49. The fourth-order valence-electron chi connectivity index (χ4n) is 3.04. The van der Waals surface area contributed by atoms with E-state index in [0.717, 1.165) is 18.2 Å². The number of rotatable bonds is 7. The zero-order valence-corrected chi connectivity index (χ0v) is 15.8. The average Bonchev–Trinajstić information content (AvgIpc) is 2.62. The Morgan fingerprint density at radius 1 is 1.19 bits per heavy atom. The topological polar surface area (TPSA) is 93.1 Å². The van der Waals surface area contributed by atoms with Crippen LogP contribution in [0.25, 0.3) is 10.8 Å². The molecule has 0 radical (unpaired) electrons. The van der Waals surface area contributed by atoms with Crippen LogP contribution in [0.4, 0.5) is 0 Å². The number of benzene rings is 1. The second-order valence-corrected chi connectivity index (χ2v) is 7.65. The molecule has 1 aromatic carbocycles. The Balaban J connectivity index is 1.54. The minimum atomic E-state index is -1.16. The smallest absolute Gasteiger partial charge is 0.274 e. The van der Waals surface area contributed by atoms with Crippen LogP contribution in [-0.2, 0) is 16.1 Å². The molecular weight excluding hydrogens is 344 g/mol. The Bertz CT molecular complexity index is 899. The zero-order valence-electron chi connectivity index (χ0n) is 15.8. The van der Waals surface area contributed by atoms with Gasteiger partial charge in [-0.3, -0.25) is 14.4 Å². The van der Waals surface area contributed by atoms with Gasteiger partial charge in [-0.2, -0.15) is 5.10 Å². The molecule has 0 bridgehead atoms. The minimum absolute atomic E-state index is 0.195. The third-order valence-electron chi connectivity index (χ3n) is 5.28. The molecule has 0 unspecified atom stereocenters. The van der Waals surface area contributed by atoms with Gasteiger partial charge in [0, 0.05) is 18.5 Å². The first-order valence-electron chi connectivity index (χ1n) is 9.41. The molecule has 1 aliphatic carbocycles. The number of hydrogen-bond donors (Lipinski definition) is 2. The fraction of sp³-hybridized carbons (Fsp3) is 0.500. The minimum Gasteiger partial charge on any atom is -0.355 e. The monoisotopic (exact) mass is 370 g/mol. The quantitative estimate of drug-likeness (QED) is 0.722. The summed E-state index contributed by atoms with van der Waals surface area (Å²) in [5.41, 5.74) is -1.36. The molecule has 0 atom stereocenters. The van der Waals surface area contributed by atoms with E-state index >= 15 is 0 Å². The number of fused-ring (bicyclic) bond motifs is 1. The molecule has 1 saturated carbocycles. The van der Waals surface area contributed by atoms with Crippen LogP contribution in [0.5, 0.6) is 0 Å². The highest BCUT2D eigenvalue weighted by atomic mass is 16.2. The van der Waals surface area contributed by atoms with Gasteiger partial charge in [0.15, 0.2) is 0 Å². The van der Waals surface area contributed by atoms with Crippen LogP contribution in [0, 0.1) is 11.3 Å². The Kier molecular flexibility index (Phi) is 5.58. The van der Waals surface area contributed by atoms with Crippen molar-refractivity contribution in [2.75, 3.05) is 13.1 Å². The molecule has 0 spiro atoms. The van der Waals surface area contributed by atoms with Gasteiger partial charge >= 0.3 is 0 Å². The molecule has 2 aromatic rings. The van der Waals surface area contributed by atoms with Gasteiger partial charge in [-0.25, -0.2) is 4.68 Å². The molecule has 144 valence electrons. The molecule has 2 amide bonds. The summed E-state index contributed by atoms with van der Waals surface area (Å²) in [7, 11) is 0. The van der Waals surface area contributed by atoms with Crippen molar-refractivity contribution in [3.05, 3.63) is 40.8 Å². The number of carbonyl (C=O) groups excluding carboxylic acids is 2. The van der Waals surface area contributed by atoms with E-state index in [1.165, 1.54) is 11.1 Å². The molecule has 0 saturated heterocycles. The van der Waals surface area contributed by atoms with E-state index in [-0.39, 0.29) is 30.5 Å². The third kappa shape index (κ3) is 4.18. The van der Waals surface area contributed by atoms with Crippen molar-refractivity contribution in [1.82, 2.24) is 20.4 Å². The first-order valence-corrected chi connectivity index (χ1v) is 9.41. The SMILES string of the molecule is CC(C)(C(=O)NCCn1ncc2ccccc2c1=O)C(=O)NCC1CCC1. The Morgan fingerprint density at radius 2 is 1.89 bits per heavy atom. The maximum atomic E-state index is 12.4. The number of nitrogens with one attached hydrogen (secondary N) is 2. The molecule has 1 aromatic heterocycles. The van der Waals surface area contributed by atoms with Crippen LogP contribution in [0.1, 0.15) is 33.1 Å². The first-order chi connectivity index (χ1) is 12.9. The predicted molar refractivity (Wildman–Crippen MR) is 103 cm³/mol. The molecular formula is C20H26N4O3. The van der Waals surface area contributed by atoms with Gasteiger partial charge in [0.25, 0.3) is 5.56 Å². The highest BCUT2D eigenvalue weighted by Crippen LogP contribution is 2.25. The summed E-state index contributed by atoms with van der Waals surface area (Å²) in [5, 5.41) is 11.1. The summed E-state index contributed by atoms with van der Waals surface area (Å²) in [6.07, 6.45) is 5.13. The average molecular weight is 370 g/mol. The van der Waals surface area contributed by atoms with E-state index in [4.69, 9.17) is 0 Å². The molecule has 27 heavy (non-hydrogen) atoms. The number of hydrogen-bond acceptors (Lipinski definition) is 4. The summed E-state index contributed by atoms with van der Waals surface area (Å²) in [4.78, 5) is 37.2. The number of aromatic nitrogens is 2. The van der Waals surface area contributed by atoms with Crippen LogP contribution in [0.15, 0.2) is 35.3 Å². The van der Waals surface area contributed by atoms with Crippen LogP contribution in [0.2, 0.25) is 0 Å². The van der Waals surface area contributed by atoms with E-state index in [1.807, 2.05) is 12.1 Å². The second-order valence-electron chi connectivity index (χ2n) is 7.65. The Morgan fingerprint density at radius 3 is 2.59 bits per heavy atom. The molecule has 1 heterocycles. The Labute approximate surface area is 158 Å². The van der Waals surface area contributed by atoms with Crippen LogP contribution < -0.4 is 16.2 Å². The summed E-state index contributed by atoms with van der Waals surface area (Å²) in [6, 6.07) is 7.25. The van der Waals surface area contributed by atoms with Crippen molar-refractivity contribution in [1.29, 1.82) is 0 Å². The van der Waals surface area contributed by atoms with Gasteiger partial charge in [-0.1, -0.05) is 24.6 Å². The fourth-order valence-corrected chi connectivity index (χ4v) is 3.04. The molecule has 1 aliphatic rings. The summed E-state index contributed by atoms with van der Waals surface area (Å²) < 4.78 is 1.33. The van der Waals surface area contributed by atoms with Gasteiger partial charge in [0.1, 0.15) is 5.41 Å². The highest BCUT2D eigenvalue weighted by Gasteiger charge is 2.36. The number of nitrogens with zero attached hydrogens (tertiary/aromatic N) is 2. The van der Waals surface area contributed by atoms with Crippen molar-refractivity contribution in [3.8, 4) is 0 Å². The summed E-state index contributed by atoms with van der Waals surface area (Å²) >= 11 is 0. The zero-order chi connectivity index (χ0) is 19.4. The second kappa shape index (κ2) is 7.90. The molecule has 1 fully saturated rings. The van der Waals surface area contributed by atoms with E-state index in [0.29, 0.717) is 17.8 Å². The summed E-state index contributed by atoms with van der Waals surface area (Å²) in [5.74, 6) is -0.0889. The van der Waals surface area contributed by atoms with Gasteiger partial charge in [-0.15, -0.1) is 0 Å². The maximum Gasteiger partial charge on any atom is 0.274 e.